The molecule has 2 aromatic rings. The standard InChI is InChI=1S/C19H18F2N2O2/c1-11-9-13(20)5-7-14(11)15-6-4-12(10-16(15)21)19(25)23-8-2-3-17(23)18(22)24/h4-7,9-10,17H,2-3,8H2,1H3,(H2,22,24)/t17-/m0/s1. The van der Waals surface area contributed by atoms with Crippen LogP contribution in [-0.2, 0) is 4.79 Å². The van der Waals surface area contributed by atoms with Crippen LogP contribution in [0.4, 0.5) is 8.78 Å². The second-order valence-corrected chi connectivity index (χ2v) is 6.21. The van der Waals surface area contributed by atoms with Gasteiger partial charge in [0.25, 0.3) is 5.91 Å². The van der Waals surface area contributed by atoms with Crippen LogP contribution in [0.3, 0.4) is 0 Å². The number of benzene rings is 2. The second kappa shape index (κ2) is 6.63. The average molecular weight is 344 g/mol. The van der Waals surface area contributed by atoms with E-state index in [1.165, 1.54) is 35.2 Å². The normalized spacial score (nSPS) is 16.9. The molecule has 6 heteroatoms. The molecule has 1 fully saturated rings. The van der Waals surface area contributed by atoms with Gasteiger partial charge in [0.1, 0.15) is 17.7 Å². The van der Waals surface area contributed by atoms with Crippen LogP contribution >= 0.6 is 0 Å². The fourth-order valence-electron chi connectivity index (χ4n) is 3.27. The third kappa shape index (κ3) is 3.24. The van der Waals surface area contributed by atoms with E-state index >= 15 is 0 Å². The molecule has 1 aliphatic heterocycles. The van der Waals surface area contributed by atoms with E-state index in [-0.39, 0.29) is 11.4 Å². The molecule has 2 amide bonds. The van der Waals surface area contributed by atoms with Crippen LogP contribution in [0.25, 0.3) is 11.1 Å². The van der Waals surface area contributed by atoms with Gasteiger partial charge in [0.05, 0.1) is 0 Å². The number of nitrogens with two attached hydrogens (primary N) is 1. The van der Waals surface area contributed by atoms with Gasteiger partial charge in [0.15, 0.2) is 0 Å². The fraction of sp³-hybridized carbons (Fsp3) is 0.263. The molecule has 1 atom stereocenters. The highest BCUT2D eigenvalue weighted by molar-refractivity contribution is 5.98. The Hall–Kier alpha value is -2.76. The van der Waals surface area contributed by atoms with Gasteiger partial charge in [-0.05, 0) is 55.2 Å². The first-order chi connectivity index (χ1) is 11.9. The van der Waals surface area contributed by atoms with Crippen LogP contribution in [0.2, 0.25) is 0 Å². The number of hydrogen-bond acceptors (Lipinski definition) is 2. The van der Waals surface area contributed by atoms with Crippen molar-refractivity contribution in [3.05, 3.63) is 59.2 Å². The number of carbonyl (C=O) groups excluding carboxylic acids is 2. The third-order valence-electron chi connectivity index (χ3n) is 4.54. The number of likely N-dealkylation sites (tertiary alicyclic amines) is 1. The topological polar surface area (TPSA) is 63.4 Å². The van der Waals surface area contributed by atoms with Crippen molar-refractivity contribution in [2.45, 2.75) is 25.8 Å². The number of halogens is 2. The minimum absolute atomic E-state index is 0.161. The Morgan fingerprint density at radius 3 is 2.48 bits per heavy atom. The molecule has 2 N–H and O–H groups in total. The van der Waals surface area contributed by atoms with Crippen LogP contribution in [0.15, 0.2) is 36.4 Å². The van der Waals surface area contributed by atoms with Crippen molar-refractivity contribution in [2.24, 2.45) is 5.73 Å². The summed E-state index contributed by atoms with van der Waals surface area (Å²) < 4.78 is 27.8. The first-order valence-electron chi connectivity index (χ1n) is 8.05. The Kier molecular flexibility index (Phi) is 4.53. The van der Waals surface area contributed by atoms with Crippen LogP contribution in [0, 0.1) is 18.6 Å². The molecule has 4 nitrogen and oxygen atoms in total. The van der Waals surface area contributed by atoms with Gasteiger partial charge in [0, 0.05) is 17.7 Å². The molecule has 130 valence electrons. The largest absolute Gasteiger partial charge is 0.368 e. The van der Waals surface area contributed by atoms with Crippen molar-refractivity contribution in [2.75, 3.05) is 6.54 Å². The molecular weight excluding hydrogens is 326 g/mol. The summed E-state index contributed by atoms with van der Waals surface area (Å²) in [4.78, 5) is 25.4. The fourth-order valence-corrected chi connectivity index (χ4v) is 3.27. The number of carbonyl (C=O) groups is 2. The molecule has 1 heterocycles. The molecule has 0 saturated carbocycles. The summed E-state index contributed by atoms with van der Waals surface area (Å²) in [7, 11) is 0. The molecule has 1 saturated heterocycles. The lowest BCUT2D eigenvalue weighted by Crippen LogP contribution is -2.43. The Morgan fingerprint density at radius 1 is 1.12 bits per heavy atom. The second-order valence-electron chi connectivity index (χ2n) is 6.21. The summed E-state index contributed by atoms with van der Waals surface area (Å²) in [6.45, 7) is 2.12. The molecule has 0 radical (unpaired) electrons. The van der Waals surface area contributed by atoms with E-state index in [9.17, 15) is 18.4 Å². The third-order valence-corrected chi connectivity index (χ3v) is 4.54. The van der Waals surface area contributed by atoms with Gasteiger partial charge in [-0.3, -0.25) is 9.59 Å². The average Bonchev–Trinajstić information content (AvgIpc) is 3.04. The van der Waals surface area contributed by atoms with Crippen LogP contribution < -0.4 is 5.73 Å². The summed E-state index contributed by atoms with van der Waals surface area (Å²) in [6, 6.07) is 7.62. The van der Waals surface area contributed by atoms with Gasteiger partial charge in [-0.15, -0.1) is 0 Å². The highest BCUT2D eigenvalue weighted by Crippen LogP contribution is 2.28. The predicted molar refractivity (Wildman–Crippen MR) is 89.8 cm³/mol. The Labute approximate surface area is 144 Å². The van der Waals surface area contributed by atoms with Crippen molar-refractivity contribution in [1.82, 2.24) is 4.90 Å². The molecule has 0 unspecified atom stereocenters. The van der Waals surface area contributed by atoms with Crippen molar-refractivity contribution in [3.63, 3.8) is 0 Å². The summed E-state index contributed by atoms with van der Waals surface area (Å²) >= 11 is 0. The molecule has 0 aromatic heterocycles. The molecule has 25 heavy (non-hydrogen) atoms. The van der Waals surface area contributed by atoms with E-state index in [0.29, 0.717) is 36.1 Å². The molecule has 3 rings (SSSR count). The number of nitrogens with zero attached hydrogens (tertiary/aromatic N) is 1. The summed E-state index contributed by atoms with van der Waals surface area (Å²) in [5, 5.41) is 0. The van der Waals surface area contributed by atoms with Gasteiger partial charge in [-0.2, -0.15) is 0 Å². The Balaban J connectivity index is 1.92. The first kappa shape index (κ1) is 17.1. The zero-order valence-electron chi connectivity index (χ0n) is 13.8. The van der Waals surface area contributed by atoms with Crippen molar-refractivity contribution in [3.8, 4) is 11.1 Å². The maximum absolute atomic E-state index is 14.6. The first-order valence-corrected chi connectivity index (χ1v) is 8.05. The lowest BCUT2D eigenvalue weighted by atomic mass is 9.98. The maximum Gasteiger partial charge on any atom is 0.254 e. The van der Waals surface area contributed by atoms with E-state index in [0.717, 1.165) is 6.07 Å². The number of amides is 2. The van der Waals surface area contributed by atoms with Crippen molar-refractivity contribution >= 4 is 11.8 Å². The number of rotatable bonds is 3. The summed E-state index contributed by atoms with van der Waals surface area (Å²) in [6.07, 6.45) is 1.21. The SMILES string of the molecule is Cc1cc(F)ccc1-c1ccc(C(=O)N2CCC[C@H]2C(N)=O)cc1F. The molecule has 2 aromatic carbocycles. The molecule has 0 spiro atoms. The number of aryl methyl sites for hydroxylation is 1. The van der Waals surface area contributed by atoms with Gasteiger partial charge >= 0.3 is 0 Å². The summed E-state index contributed by atoms with van der Waals surface area (Å²) in [5.74, 6) is -1.93. The van der Waals surface area contributed by atoms with Gasteiger partial charge in [0.2, 0.25) is 5.91 Å². The lowest BCUT2D eigenvalue weighted by Gasteiger charge is -2.22. The highest BCUT2D eigenvalue weighted by Gasteiger charge is 2.33. The zero-order chi connectivity index (χ0) is 18.1. The highest BCUT2D eigenvalue weighted by atomic mass is 19.1. The van der Waals surface area contributed by atoms with E-state index in [2.05, 4.69) is 0 Å². The van der Waals surface area contributed by atoms with Gasteiger partial charge in [-0.1, -0.05) is 12.1 Å². The van der Waals surface area contributed by atoms with E-state index in [1.54, 1.807) is 6.92 Å². The van der Waals surface area contributed by atoms with Gasteiger partial charge < -0.3 is 10.6 Å². The number of hydrogen-bond donors (Lipinski definition) is 1. The van der Waals surface area contributed by atoms with Crippen LogP contribution in [0.5, 0.6) is 0 Å². The minimum atomic E-state index is -0.644. The monoisotopic (exact) mass is 344 g/mol. The van der Waals surface area contributed by atoms with E-state index in [4.69, 9.17) is 5.73 Å². The molecule has 1 aliphatic rings. The van der Waals surface area contributed by atoms with Crippen molar-refractivity contribution in [1.29, 1.82) is 0 Å². The Morgan fingerprint density at radius 2 is 1.84 bits per heavy atom. The quantitative estimate of drug-likeness (QED) is 0.930. The van der Waals surface area contributed by atoms with Crippen LogP contribution in [-0.4, -0.2) is 29.3 Å². The number of primary amides is 1. The van der Waals surface area contributed by atoms with Crippen LogP contribution in [0.1, 0.15) is 28.8 Å². The van der Waals surface area contributed by atoms with Gasteiger partial charge in [-0.25, -0.2) is 8.78 Å². The van der Waals surface area contributed by atoms with E-state index < -0.39 is 23.7 Å². The smallest absolute Gasteiger partial charge is 0.254 e. The molecule has 0 aliphatic carbocycles. The zero-order valence-corrected chi connectivity index (χ0v) is 13.8. The Bertz CT molecular complexity index is 851. The molecule has 0 bridgehead atoms. The van der Waals surface area contributed by atoms with Crippen molar-refractivity contribution < 1.29 is 18.4 Å². The minimum Gasteiger partial charge on any atom is -0.368 e. The predicted octanol–water partition coefficient (Wildman–Crippen LogP) is 3.03. The maximum atomic E-state index is 14.6. The lowest BCUT2D eigenvalue weighted by molar-refractivity contribution is -0.121. The summed E-state index contributed by atoms with van der Waals surface area (Å²) in [5.41, 5.74) is 6.95. The molecular formula is C19H18F2N2O2. The van der Waals surface area contributed by atoms with E-state index in [1.807, 2.05) is 0 Å².